The lowest BCUT2D eigenvalue weighted by atomic mass is 10.2. The summed E-state index contributed by atoms with van der Waals surface area (Å²) in [5.74, 6) is 0.644. The SMILES string of the molecule is CC(C)(C)OC(=O)Nc1nn(-c2nc(Cl)ncc2Cl)c2ccccc12. The molecule has 0 unspecified atom stereocenters. The van der Waals surface area contributed by atoms with Gasteiger partial charge < -0.3 is 4.74 Å². The number of amides is 1. The van der Waals surface area contributed by atoms with Gasteiger partial charge in [0.15, 0.2) is 11.6 Å². The van der Waals surface area contributed by atoms with Crippen molar-refractivity contribution in [3.63, 3.8) is 0 Å². The van der Waals surface area contributed by atoms with Crippen LogP contribution >= 0.6 is 23.2 Å². The maximum atomic E-state index is 12.1. The zero-order valence-electron chi connectivity index (χ0n) is 13.7. The Balaban J connectivity index is 2.07. The number of aromatic nitrogens is 4. The standard InChI is InChI=1S/C16H15Cl2N5O2/c1-16(2,3)25-15(24)20-12-9-6-4-5-7-11(9)23(22-12)13-10(17)8-19-14(18)21-13/h4-8H,1-3H3,(H,20,22,24). The summed E-state index contributed by atoms with van der Waals surface area (Å²) in [6.07, 6.45) is 0.790. The Labute approximate surface area is 153 Å². The highest BCUT2D eigenvalue weighted by atomic mass is 35.5. The van der Waals surface area contributed by atoms with E-state index >= 15 is 0 Å². The molecule has 0 saturated heterocycles. The Morgan fingerprint density at radius 3 is 2.68 bits per heavy atom. The van der Waals surface area contributed by atoms with Crippen LogP contribution in [-0.4, -0.2) is 31.4 Å². The number of hydrogen-bond donors (Lipinski definition) is 1. The summed E-state index contributed by atoms with van der Waals surface area (Å²) in [6.45, 7) is 5.35. The number of rotatable bonds is 2. The van der Waals surface area contributed by atoms with Gasteiger partial charge in [-0.3, -0.25) is 5.32 Å². The molecule has 0 bridgehead atoms. The molecule has 0 atom stereocenters. The summed E-state index contributed by atoms with van der Waals surface area (Å²) in [4.78, 5) is 20.0. The smallest absolute Gasteiger partial charge is 0.413 e. The molecule has 0 saturated carbocycles. The Hall–Kier alpha value is -2.38. The number of hydrogen-bond acceptors (Lipinski definition) is 5. The summed E-state index contributed by atoms with van der Waals surface area (Å²) >= 11 is 12.0. The van der Waals surface area contributed by atoms with Gasteiger partial charge in [0, 0.05) is 5.39 Å². The number of halogens is 2. The van der Waals surface area contributed by atoms with Crippen LogP contribution in [0.2, 0.25) is 10.3 Å². The predicted molar refractivity (Wildman–Crippen MR) is 96.5 cm³/mol. The number of carbonyl (C=O) groups is 1. The van der Waals surface area contributed by atoms with Crippen molar-refractivity contribution in [2.75, 3.05) is 5.32 Å². The second-order valence-corrected chi connectivity index (χ2v) is 6.96. The summed E-state index contributed by atoms with van der Waals surface area (Å²) in [5, 5.41) is 8.08. The highest BCUT2D eigenvalue weighted by molar-refractivity contribution is 6.33. The Bertz CT molecular complexity index is 949. The van der Waals surface area contributed by atoms with Gasteiger partial charge in [-0.2, -0.15) is 4.98 Å². The number of anilines is 1. The highest BCUT2D eigenvalue weighted by Gasteiger charge is 2.20. The Morgan fingerprint density at radius 1 is 1.24 bits per heavy atom. The molecule has 3 rings (SSSR count). The van der Waals surface area contributed by atoms with Gasteiger partial charge in [-0.1, -0.05) is 23.7 Å². The molecule has 9 heteroatoms. The Kier molecular flexibility index (Phi) is 4.53. The molecule has 25 heavy (non-hydrogen) atoms. The van der Waals surface area contributed by atoms with E-state index in [1.165, 1.54) is 10.9 Å². The van der Waals surface area contributed by atoms with E-state index in [-0.39, 0.29) is 10.3 Å². The average Bonchev–Trinajstić information content (AvgIpc) is 2.87. The fourth-order valence-electron chi connectivity index (χ4n) is 2.21. The molecule has 1 N–H and O–H groups in total. The maximum absolute atomic E-state index is 12.1. The lowest BCUT2D eigenvalue weighted by Gasteiger charge is -2.19. The van der Waals surface area contributed by atoms with Crippen molar-refractivity contribution >= 4 is 46.0 Å². The van der Waals surface area contributed by atoms with Gasteiger partial charge in [-0.05, 0) is 44.5 Å². The van der Waals surface area contributed by atoms with Crippen LogP contribution in [0.15, 0.2) is 30.5 Å². The van der Waals surface area contributed by atoms with Crippen LogP contribution in [0.25, 0.3) is 16.7 Å². The predicted octanol–water partition coefficient (Wildman–Crippen LogP) is 4.47. The minimum Gasteiger partial charge on any atom is -0.444 e. The first-order valence-electron chi connectivity index (χ1n) is 7.41. The van der Waals surface area contributed by atoms with Crippen LogP contribution in [0, 0.1) is 0 Å². The van der Waals surface area contributed by atoms with Gasteiger partial charge in [0.25, 0.3) is 0 Å². The molecule has 3 aromatic rings. The van der Waals surface area contributed by atoms with Crippen molar-refractivity contribution in [3.8, 4) is 5.82 Å². The molecule has 0 aliphatic carbocycles. The largest absolute Gasteiger partial charge is 0.444 e. The molecule has 1 aromatic carbocycles. The quantitative estimate of drug-likeness (QED) is 0.664. The number of fused-ring (bicyclic) bond motifs is 1. The van der Waals surface area contributed by atoms with Crippen molar-refractivity contribution in [3.05, 3.63) is 40.8 Å². The monoisotopic (exact) mass is 379 g/mol. The topological polar surface area (TPSA) is 81.9 Å². The molecule has 130 valence electrons. The number of nitrogens with zero attached hydrogens (tertiary/aromatic N) is 4. The zero-order chi connectivity index (χ0) is 18.2. The number of benzene rings is 1. The zero-order valence-corrected chi connectivity index (χ0v) is 15.3. The van der Waals surface area contributed by atoms with Crippen molar-refractivity contribution < 1.29 is 9.53 Å². The van der Waals surface area contributed by atoms with Crippen molar-refractivity contribution in [1.82, 2.24) is 19.7 Å². The van der Waals surface area contributed by atoms with Crippen molar-refractivity contribution in [1.29, 1.82) is 0 Å². The van der Waals surface area contributed by atoms with Crippen LogP contribution in [0.4, 0.5) is 10.6 Å². The maximum Gasteiger partial charge on any atom is 0.413 e. The van der Waals surface area contributed by atoms with Crippen molar-refractivity contribution in [2.24, 2.45) is 0 Å². The average molecular weight is 380 g/mol. The first-order valence-corrected chi connectivity index (χ1v) is 8.16. The van der Waals surface area contributed by atoms with Gasteiger partial charge in [-0.25, -0.2) is 14.5 Å². The molecular formula is C16H15Cl2N5O2. The van der Waals surface area contributed by atoms with Crippen LogP contribution in [0.5, 0.6) is 0 Å². The minimum absolute atomic E-state index is 0.0423. The number of nitrogens with one attached hydrogen (secondary N) is 1. The van der Waals surface area contributed by atoms with E-state index in [1.807, 2.05) is 24.3 Å². The van der Waals surface area contributed by atoms with E-state index in [0.717, 1.165) is 0 Å². The fraction of sp³-hybridized carbons (Fsp3) is 0.250. The first-order chi connectivity index (χ1) is 11.7. The minimum atomic E-state index is -0.619. The third-order valence-electron chi connectivity index (χ3n) is 3.10. The number of ether oxygens (including phenoxy) is 1. The second kappa shape index (κ2) is 6.50. The van der Waals surface area contributed by atoms with Gasteiger partial charge in [0.2, 0.25) is 5.28 Å². The molecule has 0 aliphatic rings. The molecule has 1 amide bonds. The fourth-order valence-corrected chi connectivity index (χ4v) is 2.51. The van der Waals surface area contributed by atoms with E-state index < -0.39 is 11.7 Å². The van der Waals surface area contributed by atoms with E-state index in [4.69, 9.17) is 27.9 Å². The normalized spacial score (nSPS) is 11.6. The van der Waals surface area contributed by atoms with Gasteiger partial charge >= 0.3 is 6.09 Å². The van der Waals surface area contributed by atoms with E-state index in [0.29, 0.717) is 22.5 Å². The molecule has 2 heterocycles. The molecule has 7 nitrogen and oxygen atoms in total. The third kappa shape index (κ3) is 3.83. The summed E-state index contributed by atoms with van der Waals surface area (Å²) in [6, 6.07) is 7.33. The summed E-state index contributed by atoms with van der Waals surface area (Å²) < 4.78 is 6.77. The van der Waals surface area contributed by atoms with E-state index in [9.17, 15) is 4.79 Å². The molecule has 0 aliphatic heterocycles. The van der Waals surface area contributed by atoms with Crippen LogP contribution in [0.3, 0.4) is 0 Å². The van der Waals surface area contributed by atoms with E-state index in [2.05, 4.69) is 20.4 Å². The van der Waals surface area contributed by atoms with Gasteiger partial charge in [0.1, 0.15) is 10.6 Å². The first kappa shape index (κ1) is 17.4. The molecular weight excluding hydrogens is 365 g/mol. The summed E-state index contributed by atoms with van der Waals surface area (Å²) in [7, 11) is 0. The van der Waals surface area contributed by atoms with Crippen LogP contribution in [0.1, 0.15) is 20.8 Å². The molecule has 0 spiro atoms. The van der Waals surface area contributed by atoms with Crippen LogP contribution < -0.4 is 5.32 Å². The third-order valence-corrected chi connectivity index (χ3v) is 3.55. The van der Waals surface area contributed by atoms with Crippen LogP contribution in [-0.2, 0) is 4.74 Å². The number of para-hydroxylation sites is 1. The lowest BCUT2D eigenvalue weighted by Crippen LogP contribution is -2.27. The van der Waals surface area contributed by atoms with Gasteiger partial charge in [0.05, 0.1) is 11.7 Å². The molecule has 2 aromatic heterocycles. The lowest BCUT2D eigenvalue weighted by molar-refractivity contribution is 0.0635. The second-order valence-electron chi connectivity index (χ2n) is 6.22. The molecule has 0 fully saturated rings. The van der Waals surface area contributed by atoms with Gasteiger partial charge in [-0.15, -0.1) is 5.10 Å². The summed E-state index contributed by atoms with van der Waals surface area (Å²) in [5.41, 5.74) is 0.0802. The highest BCUT2D eigenvalue weighted by Crippen LogP contribution is 2.28. The number of carbonyl (C=O) groups excluding carboxylic acids is 1. The van der Waals surface area contributed by atoms with E-state index in [1.54, 1.807) is 20.8 Å². The van der Waals surface area contributed by atoms with Crippen molar-refractivity contribution in [2.45, 2.75) is 26.4 Å². The Morgan fingerprint density at radius 2 is 1.96 bits per heavy atom. The molecule has 0 radical (unpaired) electrons.